The van der Waals surface area contributed by atoms with Gasteiger partial charge in [-0.05, 0) is 43.9 Å². The summed E-state index contributed by atoms with van der Waals surface area (Å²) in [7, 11) is 0. The number of benzene rings is 1. The average molecular weight is 248 g/mol. The van der Waals surface area contributed by atoms with E-state index < -0.39 is 5.60 Å². The van der Waals surface area contributed by atoms with Crippen molar-refractivity contribution in [3.8, 4) is 11.8 Å². The standard InChI is InChI=1S/C16H21FO/c1-5-12(2)11-16(4,18)9-8-14-10-15(17)7-6-13(14)3/h6-7,10,12,18H,5,11H2,1-4H3. The van der Waals surface area contributed by atoms with Crippen molar-refractivity contribution in [1.29, 1.82) is 0 Å². The van der Waals surface area contributed by atoms with Crippen LogP contribution in [0.3, 0.4) is 0 Å². The fraction of sp³-hybridized carbons (Fsp3) is 0.500. The van der Waals surface area contributed by atoms with E-state index in [1.807, 2.05) is 6.92 Å². The third-order valence-electron chi connectivity index (χ3n) is 3.11. The molecule has 0 radical (unpaired) electrons. The molecule has 0 aliphatic carbocycles. The number of aryl methyl sites for hydroxylation is 1. The van der Waals surface area contributed by atoms with Crippen molar-refractivity contribution < 1.29 is 9.50 Å². The number of hydrogen-bond donors (Lipinski definition) is 1. The van der Waals surface area contributed by atoms with Crippen molar-refractivity contribution in [2.75, 3.05) is 0 Å². The number of aliphatic hydroxyl groups is 1. The van der Waals surface area contributed by atoms with E-state index in [1.165, 1.54) is 12.1 Å². The minimum atomic E-state index is -1.02. The Morgan fingerprint density at radius 3 is 2.72 bits per heavy atom. The highest BCUT2D eigenvalue weighted by Crippen LogP contribution is 2.18. The maximum atomic E-state index is 13.1. The van der Waals surface area contributed by atoms with Crippen LogP contribution in [0.25, 0.3) is 0 Å². The summed E-state index contributed by atoms with van der Waals surface area (Å²) in [6.45, 7) is 7.77. The van der Waals surface area contributed by atoms with Crippen LogP contribution in [0.15, 0.2) is 18.2 Å². The zero-order valence-corrected chi connectivity index (χ0v) is 11.5. The molecule has 98 valence electrons. The highest BCUT2D eigenvalue weighted by atomic mass is 19.1. The normalized spacial score (nSPS) is 15.4. The first-order chi connectivity index (χ1) is 8.34. The van der Waals surface area contributed by atoms with Gasteiger partial charge >= 0.3 is 0 Å². The Labute approximate surface area is 109 Å². The van der Waals surface area contributed by atoms with Gasteiger partial charge in [0.2, 0.25) is 0 Å². The molecule has 2 unspecified atom stereocenters. The van der Waals surface area contributed by atoms with Crippen molar-refractivity contribution in [3.63, 3.8) is 0 Å². The monoisotopic (exact) mass is 248 g/mol. The highest BCUT2D eigenvalue weighted by Gasteiger charge is 2.19. The van der Waals surface area contributed by atoms with E-state index in [2.05, 4.69) is 25.7 Å². The summed E-state index contributed by atoms with van der Waals surface area (Å²) in [5.41, 5.74) is 0.538. The van der Waals surface area contributed by atoms with Crippen LogP contribution in [-0.4, -0.2) is 10.7 Å². The van der Waals surface area contributed by atoms with Crippen LogP contribution in [0.2, 0.25) is 0 Å². The summed E-state index contributed by atoms with van der Waals surface area (Å²) in [5.74, 6) is 5.85. The molecule has 0 spiro atoms. The molecule has 0 fully saturated rings. The highest BCUT2D eigenvalue weighted by molar-refractivity contribution is 5.42. The lowest BCUT2D eigenvalue weighted by molar-refractivity contribution is 0.0939. The first-order valence-corrected chi connectivity index (χ1v) is 6.36. The quantitative estimate of drug-likeness (QED) is 0.809. The Kier molecular flexibility index (Phi) is 4.93. The predicted octanol–water partition coefficient (Wildman–Crippen LogP) is 3.67. The lowest BCUT2D eigenvalue weighted by Crippen LogP contribution is -2.24. The number of hydrogen-bond acceptors (Lipinski definition) is 1. The van der Waals surface area contributed by atoms with E-state index >= 15 is 0 Å². The summed E-state index contributed by atoms with van der Waals surface area (Å²) in [6.07, 6.45) is 1.64. The third kappa shape index (κ3) is 4.50. The molecule has 2 heteroatoms. The average Bonchev–Trinajstić information content (AvgIpc) is 2.30. The molecule has 1 aromatic rings. The molecule has 0 amide bonds. The zero-order chi connectivity index (χ0) is 13.8. The molecule has 0 aliphatic heterocycles. The van der Waals surface area contributed by atoms with Crippen molar-refractivity contribution >= 4 is 0 Å². The summed E-state index contributed by atoms with van der Waals surface area (Å²) < 4.78 is 13.1. The van der Waals surface area contributed by atoms with Gasteiger partial charge in [-0.3, -0.25) is 0 Å². The largest absolute Gasteiger partial charge is 0.378 e. The van der Waals surface area contributed by atoms with Gasteiger partial charge in [0, 0.05) is 5.56 Å². The fourth-order valence-corrected chi connectivity index (χ4v) is 1.80. The topological polar surface area (TPSA) is 20.2 Å². The van der Waals surface area contributed by atoms with Crippen LogP contribution in [0.1, 0.15) is 44.7 Å². The Balaban J connectivity index is 2.89. The van der Waals surface area contributed by atoms with E-state index in [1.54, 1.807) is 13.0 Å². The van der Waals surface area contributed by atoms with Gasteiger partial charge in [0.1, 0.15) is 11.4 Å². The molecule has 1 aromatic carbocycles. The fourth-order valence-electron chi connectivity index (χ4n) is 1.80. The third-order valence-corrected chi connectivity index (χ3v) is 3.11. The summed E-state index contributed by atoms with van der Waals surface area (Å²) >= 11 is 0. The van der Waals surface area contributed by atoms with Crippen molar-refractivity contribution in [2.24, 2.45) is 5.92 Å². The molecule has 0 bridgehead atoms. The van der Waals surface area contributed by atoms with E-state index in [-0.39, 0.29) is 5.82 Å². The van der Waals surface area contributed by atoms with Crippen molar-refractivity contribution in [3.05, 3.63) is 35.1 Å². The second-order valence-corrected chi connectivity index (χ2v) is 5.20. The first-order valence-electron chi connectivity index (χ1n) is 6.36. The Morgan fingerprint density at radius 2 is 2.11 bits per heavy atom. The van der Waals surface area contributed by atoms with Crippen LogP contribution in [0.4, 0.5) is 4.39 Å². The van der Waals surface area contributed by atoms with Gasteiger partial charge in [0.05, 0.1) is 0 Å². The Bertz CT molecular complexity index is 466. The van der Waals surface area contributed by atoms with Crippen LogP contribution < -0.4 is 0 Å². The SMILES string of the molecule is CCC(C)CC(C)(O)C#Cc1cc(F)ccc1C. The predicted molar refractivity (Wildman–Crippen MR) is 72.7 cm³/mol. The minimum Gasteiger partial charge on any atom is -0.378 e. The van der Waals surface area contributed by atoms with Gasteiger partial charge in [0.25, 0.3) is 0 Å². The van der Waals surface area contributed by atoms with E-state index in [0.29, 0.717) is 17.9 Å². The molecular formula is C16H21FO. The summed E-state index contributed by atoms with van der Waals surface area (Å²) in [4.78, 5) is 0. The van der Waals surface area contributed by atoms with Crippen LogP contribution >= 0.6 is 0 Å². The maximum absolute atomic E-state index is 13.1. The molecule has 0 aromatic heterocycles. The lowest BCUT2D eigenvalue weighted by Gasteiger charge is -2.20. The molecule has 0 saturated heterocycles. The van der Waals surface area contributed by atoms with Crippen LogP contribution in [0, 0.1) is 30.5 Å². The smallest absolute Gasteiger partial charge is 0.124 e. The molecule has 1 N–H and O–H groups in total. The van der Waals surface area contributed by atoms with Gasteiger partial charge in [-0.1, -0.05) is 38.2 Å². The first kappa shape index (κ1) is 14.7. The molecule has 1 nitrogen and oxygen atoms in total. The lowest BCUT2D eigenvalue weighted by atomic mass is 9.91. The molecule has 0 saturated carbocycles. The van der Waals surface area contributed by atoms with Crippen molar-refractivity contribution in [1.82, 2.24) is 0 Å². The molecule has 18 heavy (non-hydrogen) atoms. The van der Waals surface area contributed by atoms with Crippen LogP contribution in [0.5, 0.6) is 0 Å². The summed E-state index contributed by atoms with van der Waals surface area (Å²) in [5, 5.41) is 10.2. The molecule has 0 heterocycles. The molecular weight excluding hydrogens is 227 g/mol. The maximum Gasteiger partial charge on any atom is 0.124 e. The number of rotatable bonds is 3. The van der Waals surface area contributed by atoms with E-state index in [0.717, 1.165) is 12.0 Å². The second kappa shape index (κ2) is 6.02. The van der Waals surface area contributed by atoms with Gasteiger partial charge in [-0.15, -0.1) is 0 Å². The van der Waals surface area contributed by atoms with Gasteiger partial charge < -0.3 is 5.11 Å². The molecule has 1 rings (SSSR count). The number of halogens is 1. The van der Waals surface area contributed by atoms with Crippen molar-refractivity contribution in [2.45, 2.75) is 46.1 Å². The van der Waals surface area contributed by atoms with Gasteiger partial charge in [-0.2, -0.15) is 0 Å². The Hall–Kier alpha value is -1.33. The van der Waals surface area contributed by atoms with E-state index in [9.17, 15) is 9.50 Å². The van der Waals surface area contributed by atoms with E-state index in [4.69, 9.17) is 0 Å². The Morgan fingerprint density at radius 1 is 1.44 bits per heavy atom. The molecule has 0 aliphatic rings. The van der Waals surface area contributed by atoms with Gasteiger partial charge in [0.15, 0.2) is 0 Å². The second-order valence-electron chi connectivity index (χ2n) is 5.20. The van der Waals surface area contributed by atoms with Crippen LogP contribution in [-0.2, 0) is 0 Å². The minimum absolute atomic E-state index is 0.300. The van der Waals surface area contributed by atoms with Gasteiger partial charge in [-0.25, -0.2) is 4.39 Å². The zero-order valence-electron chi connectivity index (χ0n) is 11.5. The summed E-state index contributed by atoms with van der Waals surface area (Å²) in [6, 6.07) is 4.52. The molecule has 2 atom stereocenters.